The molecular formula is C14H16N2O4. The standard InChI is InChI=1S/C14H16N2O4/c1-10-15-9-13(14(17)18)16(10)7-8-20-12-5-3-11(19-2)4-6-12/h3-6,9H,7-8H2,1-2H3,(H,17,18). The largest absolute Gasteiger partial charge is 0.497 e. The summed E-state index contributed by atoms with van der Waals surface area (Å²) in [5, 5.41) is 9.04. The van der Waals surface area contributed by atoms with Gasteiger partial charge in [0.25, 0.3) is 0 Å². The molecule has 106 valence electrons. The summed E-state index contributed by atoms with van der Waals surface area (Å²) in [5.41, 5.74) is 0.167. The average Bonchev–Trinajstić information content (AvgIpc) is 2.81. The van der Waals surface area contributed by atoms with Crippen molar-refractivity contribution in [1.29, 1.82) is 0 Å². The van der Waals surface area contributed by atoms with E-state index in [2.05, 4.69) is 4.98 Å². The Hall–Kier alpha value is -2.50. The molecule has 0 saturated heterocycles. The highest BCUT2D eigenvalue weighted by molar-refractivity contribution is 5.85. The lowest BCUT2D eigenvalue weighted by Crippen LogP contribution is -2.15. The third-order valence-corrected chi connectivity index (χ3v) is 2.92. The van der Waals surface area contributed by atoms with Crippen LogP contribution in [0, 0.1) is 6.92 Å². The minimum absolute atomic E-state index is 0.167. The molecule has 0 aliphatic carbocycles. The Labute approximate surface area is 116 Å². The summed E-state index contributed by atoms with van der Waals surface area (Å²) in [6.45, 7) is 2.56. The summed E-state index contributed by atoms with van der Waals surface area (Å²) in [7, 11) is 1.60. The molecule has 0 amide bonds. The summed E-state index contributed by atoms with van der Waals surface area (Å²) >= 11 is 0. The number of carbonyl (C=O) groups is 1. The first-order valence-electron chi connectivity index (χ1n) is 6.14. The van der Waals surface area contributed by atoms with Crippen molar-refractivity contribution >= 4 is 5.97 Å². The monoisotopic (exact) mass is 276 g/mol. The van der Waals surface area contributed by atoms with Gasteiger partial charge in [-0.05, 0) is 31.2 Å². The summed E-state index contributed by atoms with van der Waals surface area (Å²) in [6, 6.07) is 7.22. The van der Waals surface area contributed by atoms with Crippen molar-refractivity contribution < 1.29 is 19.4 Å². The first-order valence-corrected chi connectivity index (χ1v) is 6.14. The second kappa shape index (κ2) is 6.10. The van der Waals surface area contributed by atoms with Gasteiger partial charge in [0.2, 0.25) is 0 Å². The number of benzene rings is 1. The first kappa shape index (κ1) is 13.9. The van der Waals surface area contributed by atoms with Crippen LogP contribution in [-0.2, 0) is 6.54 Å². The molecule has 0 saturated carbocycles. The minimum Gasteiger partial charge on any atom is -0.497 e. The van der Waals surface area contributed by atoms with E-state index in [1.807, 2.05) is 0 Å². The Bertz CT molecular complexity index is 590. The topological polar surface area (TPSA) is 73.6 Å². The number of ether oxygens (including phenoxy) is 2. The zero-order chi connectivity index (χ0) is 14.5. The van der Waals surface area contributed by atoms with Gasteiger partial charge in [-0.1, -0.05) is 0 Å². The lowest BCUT2D eigenvalue weighted by molar-refractivity contribution is 0.0683. The van der Waals surface area contributed by atoms with Crippen LogP contribution in [0.5, 0.6) is 11.5 Å². The van der Waals surface area contributed by atoms with Gasteiger partial charge >= 0.3 is 5.97 Å². The molecule has 0 radical (unpaired) electrons. The maximum atomic E-state index is 11.0. The molecule has 6 heteroatoms. The highest BCUT2D eigenvalue weighted by Gasteiger charge is 2.12. The average molecular weight is 276 g/mol. The van der Waals surface area contributed by atoms with Gasteiger partial charge in [-0.3, -0.25) is 0 Å². The van der Waals surface area contributed by atoms with E-state index in [1.165, 1.54) is 6.20 Å². The Morgan fingerprint density at radius 1 is 1.30 bits per heavy atom. The highest BCUT2D eigenvalue weighted by atomic mass is 16.5. The van der Waals surface area contributed by atoms with Crippen molar-refractivity contribution in [1.82, 2.24) is 9.55 Å². The van der Waals surface area contributed by atoms with Gasteiger partial charge in [0, 0.05) is 0 Å². The van der Waals surface area contributed by atoms with Crippen LogP contribution >= 0.6 is 0 Å². The number of hydrogen-bond donors (Lipinski definition) is 1. The molecule has 0 aliphatic heterocycles. The van der Waals surface area contributed by atoms with Gasteiger partial charge < -0.3 is 19.1 Å². The molecule has 0 unspecified atom stereocenters. The molecule has 2 aromatic rings. The third-order valence-electron chi connectivity index (χ3n) is 2.92. The molecule has 0 spiro atoms. The van der Waals surface area contributed by atoms with Gasteiger partial charge in [0.1, 0.15) is 29.6 Å². The maximum Gasteiger partial charge on any atom is 0.354 e. The number of carboxylic acids is 1. The molecular weight excluding hydrogens is 260 g/mol. The zero-order valence-corrected chi connectivity index (χ0v) is 11.4. The molecule has 0 bridgehead atoms. The fourth-order valence-corrected chi connectivity index (χ4v) is 1.85. The van der Waals surface area contributed by atoms with E-state index in [-0.39, 0.29) is 5.69 Å². The lowest BCUT2D eigenvalue weighted by atomic mass is 10.3. The molecule has 0 atom stereocenters. The predicted octanol–water partition coefficient (Wildman–Crippen LogP) is 1.98. The summed E-state index contributed by atoms with van der Waals surface area (Å²) in [6.07, 6.45) is 1.35. The third kappa shape index (κ3) is 3.09. The SMILES string of the molecule is COc1ccc(OCCn2c(C(=O)O)cnc2C)cc1. The number of rotatable bonds is 6. The van der Waals surface area contributed by atoms with E-state index in [4.69, 9.17) is 14.6 Å². The van der Waals surface area contributed by atoms with Crippen LogP contribution < -0.4 is 9.47 Å². The fraction of sp³-hybridized carbons (Fsp3) is 0.286. The van der Waals surface area contributed by atoms with Crippen molar-refractivity contribution in [3.05, 3.63) is 42.0 Å². The number of aromatic carboxylic acids is 1. The van der Waals surface area contributed by atoms with E-state index < -0.39 is 5.97 Å². The molecule has 1 aromatic carbocycles. The minimum atomic E-state index is -0.991. The molecule has 0 aliphatic rings. The van der Waals surface area contributed by atoms with E-state index >= 15 is 0 Å². The van der Waals surface area contributed by atoms with E-state index in [0.717, 1.165) is 5.75 Å². The van der Waals surface area contributed by atoms with Crippen molar-refractivity contribution in [2.75, 3.05) is 13.7 Å². The maximum absolute atomic E-state index is 11.0. The summed E-state index contributed by atoms with van der Waals surface area (Å²) in [4.78, 5) is 15.0. The number of imidazole rings is 1. The highest BCUT2D eigenvalue weighted by Crippen LogP contribution is 2.17. The van der Waals surface area contributed by atoms with Crippen molar-refractivity contribution in [2.45, 2.75) is 13.5 Å². The van der Waals surface area contributed by atoms with Gasteiger partial charge in [-0.25, -0.2) is 9.78 Å². The van der Waals surface area contributed by atoms with Crippen LogP contribution in [0.1, 0.15) is 16.3 Å². The number of hydrogen-bond acceptors (Lipinski definition) is 4. The number of carboxylic acid groups (broad SMARTS) is 1. The van der Waals surface area contributed by atoms with Gasteiger partial charge in [-0.2, -0.15) is 0 Å². The van der Waals surface area contributed by atoms with Crippen LogP contribution in [0.4, 0.5) is 0 Å². The van der Waals surface area contributed by atoms with Gasteiger partial charge in [-0.15, -0.1) is 0 Å². The van der Waals surface area contributed by atoms with Crippen LogP contribution in [0.25, 0.3) is 0 Å². The van der Waals surface area contributed by atoms with E-state index in [9.17, 15) is 4.79 Å². The summed E-state index contributed by atoms with van der Waals surface area (Å²) in [5.74, 6) is 1.13. The number of nitrogens with zero attached hydrogens (tertiary/aromatic N) is 2. The van der Waals surface area contributed by atoms with Gasteiger partial charge in [0.05, 0.1) is 19.9 Å². The van der Waals surface area contributed by atoms with Gasteiger partial charge in [0.15, 0.2) is 0 Å². The van der Waals surface area contributed by atoms with E-state index in [1.54, 1.807) is 42.9 Å². The van der Waals surface area contributed by atoms with Crippen molar-refractivity contribution in [3.8, 4) is 11.5 Å². The quantitative estimate of drug-likeness (QED) is 0.873. The molecule has 2 rings (SSSR count). The number of aromatic nitrogens is 2. The molecule has 0 fully saturated rings. The normalized spacial score (nSPS) is 10.3. The van der Waals surface area contributed by atoms with Crippen LogP contribution in [0.2, 0.25) is 0 Å². The van der Waals surface area contributed by atoms with Crippen molar-refractivity contribution in [3.63, 3.8) is 0 Å². The van der Waals surface area contributed by atoms with Crippen molar-refractivity contribution in [2.24, 2.45) is 0 Å². The Morgan fingerprint density at radius 3 is 2.55 bits per heavy atom. The van der Waals surface area contributed by atoms with E-state index in [0.29, 0.717) is 24.7 Å². The Kier molecular flexibility index (Phi) is 4.24. The number of methoxy groups -OCH3 is 1. The van der Waals surface area contributed by atoms with Crippen LogP contribution in [0.3, 0.4) is 0 Å². The molecule has 6 nitrogen and oxygen atoms in total. The Balaban J connectivity index is 1.95. The lowest BCUT2D eigenvalue weighted by Gasteiger charge is -2.10. The molecule has 1 aromatic heterocycles. The Morgan fingerprint density at radius 2 is 1.95 bits per heavy atom. The molecule has 1 heterocycles. The predicted molar refractivity (Wildman–Crippen MR) is 72.4 cm³/mol. The molecule has 1 N–H and O–H groups in total. The second-order valence-electron chi connectivity index (χ2n) is 4.17. The number of aryl methyl sites for hydroxylation is 1. The molecule has 20 heavy (non-hydrogen) atoms. The summed E-state index contributed by atoms with van der Waals surface area (Å²) < 4.78 is 12.2. The fourth-order valence-electron chi connectivity index (χ4n) is 1.85. The zero-order valence-electron chi connectivity index (χ0n) is 11.4. The van der Waals surface area contributed by atoms with Crippen LogP contribution in [-0.4, -0.2) is 34.3 Å². The first-order chi connectivity index (χ1) is 9.61. The van der Waals surface area contributed by atoms with Crippen LogP contribution in [0.15, 0.2) is 30.5 Å². The smallest absolute Gasteiger partial charge is 0.354 e. The second-order valence-corrected chi connectivity index (χ2v) is 4.17.